The van der Waals surface area contributed by atoms with Crippen molar-refractivity contribution in [1.82, 2.24) is 9.97 Å². The second-order valence-corrected chi connectivity index (χ2v) is 15.8. The highest BCUT2D eigenvalue weighted by Crippen LogP contribution is 2.50. The molecule has 1 aliphatic carbocycles. The second kappa shape index (κ2) is 14.7. The summed E-state index contributed by atoms with van der Waals surface area (Å²) in [5, 5.41) is 9.56. The Hall–Kier alpha value is -7.67. The molecule has 278 valence electrons. The molecule has 0 unspecified atom stereocenters. The number of benzene rings is 8. The summed E-state index contributed by atoms with van der Waals surface area (Å²) in [7, 11) is 0. The van der Waals surface area contributed by atoms with Crippen LogP contribution >= 0.6 is 0 Å². The number of hydrogen-bond acceptors (Lipinski definition) is 3. The van der Waals surface area contributed by atoms with Crippen molar-refractivity contribution in [2.24, 2.45) is 0 Å². The van der Waals surface area contributed by atoms with Gasteiger partial charge in [-0.3, -0.25) is 0 Å². The van der Waals surface area contributed by atoms with Crippen LogP contribution in [0.3, 0.4) is 0 Å². The first-order chi connectivity index (χ1) is 28.9. The highest BCUT2D eigenvalue weighted by molar-refractivity contribution is 5.86. The predicted molar refractivity (Wildman–Crippen MR) is 242 cm³/mol. The van der Waals surface area contributed by atoms with Crippen molar-refractivity contribution in [3.8, 4) is 95.6 Å². The van der Waals surface area contributed by atoms with Crippen LogP contribution in [-0.4, -0.2) is 9.97 Å². The molecule has 3 nitrogen and oxygen atoms in total. The van der Waals surface area contributed by atoms with Gasteiger partial charge in [0.1, 0.15) is 0 Å². The van der Waals surface area contributed by atoms with E-state index < -0.39 is 0 Å². The Morgan fingerprint density at radius 2 is 0.814 bits per heavy atom. The lowest BCUT2D eigenvalue weighted by Crippen LogP contribution is -2.15. The Kier molecular flexibility index (Phi) is 8.89. The van der Waals surface area contributed by atoms with Crippen molar-refractivity contribution in [3.05, 3.63) is 217 Å². The molecule has 0 bridgehead atoms. The van der Waals surface area contributed by atoms with Gasteiger partial charge in [0.05, 0.1) is 23.0 Å². The molecular formula is C56H39N3. The third-order valence-corrected chi connectivity index (χ3v) is 11.8. The molecule has 0 amide bonds. The summed E-state index contributed by atoms with van der Waals surface area (Å²) < 4.78 is 0. The first-order valence-corrected chi connectivity index (χ1v) is 20.0. The molecular weight excluding hydrogens is 715 g/mol. The summed E-state index contributed by atoms with van der Waals surface area (Å²) in [6.07, 6.45) is 0. The van der Waals surface area contributed by atoms with Crippen LogP contribution < -0.4 is 0 Å². The summed E-state index contributed by atoms with van der Waals surface area (Å²) in [4.78, 5) is 10.3. The quantitative estimate of drug-likeness (QED) is 0.163. The van der Waals surface area contributed by atoms with E-state index in [9.17, 15) is 5.26 Å². The summed E-state index contributed by atoms with van der Waals surface area (Å²) in [6.45, 7) is 4.49. The Balaban J connectivity index is 0.988. The van der Waals surface area contributed by atoms with E-state index in [1.807, 2.05) is 24.3 Å². The Morgan fingerprint density at radius 1 is 0.356 bits per heavy atom. The molecule has 59 heavy (non-hydrogen) atoms. The molecule has 0 radical (unpaired) electrons. The van der Waals surface area contributed by atoms with Gasteiger partial charge in [0.2, 0.25) is 0 Å². The van der Waals surface area contributed by atoms with Crippen molar-refractivity contribution in [2.75, 3.05) is 0 Å². The van der Waals surface area contributed by atoms with E-state index in [4.69, 9.17) is 9.97 Å². The van der Waals surface area contributed by atoms with Gasteiger partial charge >= 0.3 is 0 Å². The molecule has 10 rings (SSSR count). The van der Waals surface area contributed by atoms with Crippen LogP contribution in [0.4, 0.5) is 0 Å². The molecule has 0 N–H and O–H groups in total. The highest BCUT2D eigenvalue weighted by Gasteiger charge is 2.35. The maximum Gasteiger partial charge on any atom is 0.160 e. The molecule has 3 heteroatoms. The van der Waals surface area contributed by atoms with E-state index in [0.29, 0.717) is 11.4 Å². The number of nitrogens with zero attached hydrogens (tertiary/aromatic N) is 3. The van der Waals surface area contributed by atoms with Crippen molar-refractivity contribution in [2.45, 2.75) is 19.3 Å². The molecule has 8 aromatic carbocycles. The first kappa shape index (κ1) is 35.7. The number of fused-ring (bicyclic) bond motifs is 3. The number of hydrogen-bond donors (Lipinski definition) is 0. The molecule has 0 spiro atoms. The predicted octanol–water partition coefficient (Wildman–Crippen LogP) is 14.3. The minimum Gasteiger partial charge on any atom is -0.228 e. The van der Waals surface area contributed by atoms with Crippen LogP contribution in [0, 0.1) is 11.3 Å². The van der Waals surface area contributed by atoms with Gasteiger partial charge in [-0.1, -0.05) is 184 Å². The molecule has 9 aromatic rings. The highest BCUT2D eigenvalue weighted by atomic mass is 14.9. The molecule has 0 saturated carbocycles. The first-order valence-electron chi connectivity index (χ1n) is 20.0. The van der Waals surface area contributed by atoms with Crippen LogP contribution in [0.15, 0.2) is 200 Å². The minimum absolute atomic E-state index is 0.157. The van der Waals surface area contributed by atoms with E-state index in [2.05, 4.69) is 196 Å². The standard InChI is InChI=1S/C56H39N3/c1-56(2)51-31-29-47(34-50(51)49-30-16-37(36-57)32-52(49)56)43-19-17-42(18-20-43)46-14-9-15-48(33-46)54-35-53(44-25-21-40(22-26-44)38-10-5-3-6-11-38)58-55(59-54)45-27-23-41(24-28-45)39-12-7-4-8-13-39/h3-35H,1-2H3. The van der Waals surface area contributed by atoms with Crippen molar-refractivity contribution < 1.29 is 0 Å². The van der Waals surface area contributed by atoms with Crippen LogP contribution in [0.25, 0.3) is 89.5 Å². The topological polar surface area (TPSA) is 49.6 Å². The SMILES string of the molecule is CC1(C)c2ccc(-c3ccc(-c4cccc(-c5cc(-c6ccc(-c7ccccc7)cc6)nc(-c6ccc(-c7ccccc7)cc6)n5)c4)cc3)cc2-c2ccc(C#N)cc21. The fraction of sp³-hybridized carbons (Fsp3) is 0.0536. The Morgan fingerprint density at radius 3 is 1.41 bits per heavy atom. The van der Waals surface area contributed by atoms with Gasteiger partial charge in [-0.2, -0.15) is 5.26 Å². The number of rotatable bonds is 7. The average molecular weight is 754 g/mol. The van der Waals surface area contributed by atoms with Crippen molar-refractivity contribution >= 4 is 0 Å². The maximum absolute atomic E-state index is 9.56. The van der Waals surface area contributed by atoms with E-state index in [-0.39, 0.29) is 5.41 Å². The average Bonchev–Trinajstić information content (AvgIpc) is 3.54. The zero-order chi connectivity index (χ0) is 39.9. The van der Waals surface area contributed by atoms with Gasteiger partial charge in [-0.25, -0.2) is 9.97 Å². The molecule has 0 aliphatic heterocycles. The van der Waals surface area contributed by atoms with Gasteiger partial charge < -0.3 is 0 Å². The lowest BCUT2D eigenvalue weighted by molar-refractivity contribution is 0.660. The van der Waals surface area contributed by atoms with Crippen LogP contribution in [0.2, 0.25) is 0 Å². The molecule has 0 saturated heterocycles. The van der Waals surface area contributed by atoms with E-state index in [1.165, 1.54) is 44.5 Å². The second-order valence-electron chi connectivity index (χ2n) is 15.8. The molecule has 0 atom stereocenters. The van der Waals surface area contributed by atoms with E-state index in [1.54, 1.807) is 0 Å². The Labute approximate surface area is 345 Å². The largest absolute Gasteiger partial charge is 0.228 e. The van der Waals surface area contributed by atoms with Gasteiger partial charge in [-0.15, -0.1) is 0 Å². The summed E-state index contributed by atoms with van der Waals surface area (Å²) in [5.74, 6) is 0.685. The number of nitriles is 1. The molecule has 0 fully saturated rings. The monoisotopic (exact) mass is 753 g/mol. The summed E-state index contributed by atoms with van der Waals surface area (Å²) >= 11 is 0. The fourth-order valence-electron chi connectivity index (χ4n) is 8.49. The zero-order valence-electron chi connectivity index (χ0n) is 32.9. The van der Waals surface area contributed by atoms with Gasteiger partial charge in [0.15, 0.2) is 5.82 Å². The van der Waals surface area contributed by atoms with Crippen LogP contribution in [0.1, 0.15) is 30.5 Å². The lowest BCUT2D eigenvalue weighted by Gasteiger charge is -2.21. The zero-order valence-corrected chi connectivity index (χ0v) is 32.9. The normalized spacial score (nSPS) is 12.4. The van der Waals surface area contributed by atoms with E-state index >= 15 is 0 Å². The lowest BCUT2D eigenvalue weighted by atomic mass is 9.81. The van der Waals surface area contributed by atoms with E-state index in [0.717, 1.165) is 50.3 Å². The van der Waals surface area contributed by atoms with Crippen LogP contribution in [0.5, 0.6) is 0 Å². The minimum atomic E-state index is -0.157. The van der Waals surface area contributed by atoms with Gasteiger partial charge in [-0.05, 0) is 97.1 Å². The van der Waals surface area contributed by atoms with Crippen molar-refractivity contribution in [1.29, 1.82) is 5.26 Å². The fourth-order valence-corrected chi connectivity index (χ4v) is 8.49. The van der Waals surface area contributed by atoms with Crippen LogP contribution in [-0.2, 0) is 5.41 Å². The van der Waals surface area contributed by atoms with Gasteiger partial charge in [0, 0.05) is 22.1 Å². The maximum atomic E-state index is 9.56. The third kappa shape index (κ3) is 6.71. The smallest absolute Gasteiger partial charge is 0.160 e. The molecule has 1 aromatic heterocycles. The third-order valence-electron chi connectivity index (χ3n) is 11.8. The number of aromatic nitrogens is 2. The summed E-state index contributed by atoms with van der Waals surface area (Å²) in [5.41, 5.74) is 19.5. The van der Waals surface area contributed by atoms with Crippen molar-refractivity contribution in [3.63, 3.8) is 0 Å². The molecule has 1 heterocycles. The Bertz CT molecular complexity index is 2930. The van der Waals surface area contributed by atoms with Gasteiger partial charge in [0.25, 0.3) is 0 Å². The molecule has 1 aliphatic rings. The summed E-state index contributed by atoms with van der Waals surface area (Å²) in [6, 6.07) is 72.8.